The van der Waals surface area contributed by atoms with Gasteiger partial charge in [-0.3, -0.25) is 4.90 Å². The monoisotopic (exact) mass is 265 g/mol. The minimum absolute atomic E-state index is 1.01. The molecule has 0 amide bonds. The molecule has 4 heteroatoms. The molecule has 0 unspecified atom stereocenters. The van der Waals surface area contributed by atoms with Crippen LogP contribution < -0.4 is 5.32 Å². The van der Waals surface area contributed by atoms with Gasteiger partial charge in [0.15, 0.2) is 5.13 Å². The number of rotatable bonds is 6. The fourth-order valence-corrected chi connectivity index (χ4v) is 3.00. The maximum Gasteiger partial charge on any atom is 0.182 e. The van der Waals surface area contributed by atoms with Crippen molar-refractivity contribution < 1.29 is 0 Å². The van der Waals surface area contributed by atoms with E-state index in [4.69, 9.17) is 0 Å². The van der Waals surface area contributed by atoms with Crippen LogP contribution in [-0.4, -0.2) is 36.6 Å². The summed E-state index contributed by atoms with van der Waals surface area (Å²) in [5, 5.41) is 6.27. The van der Waals surface area contributed by atoms with Gasteiger partial charge in [-0.25, -0.2) is 4.98 Å². The van der Waals surface area contributed by atoms with Gasteiger partial charge < -0.3 is 5.32 Å². The zero-order valence-electron chi connectivity index (χ0n) is 11.4. The molecular formula is C14H23N3S. The molecule has 0 radical (unpaired) electrons. The van der Waals surface area contributed by atoms with Crippen molar-refractivity contribution in [3.8, 4) is 0 Å². The lowest BCUT2D eigenvalue weighted by Gasteiger charge is -2.26. The molecule has 1 aromatic heterocycles. The molecule has 0 bridgehead atoms. The average molecular weight is 265 g/mol. The molecule has 1 aromatic rings. The van der Waals surface area contributed by atoms with Crippen LogP contribution in [0.1, 0.15) is 38.3 Å². The Hall–Kier alpha value is -0.870. The van der Waals surface area contributed by atoms with Crippen LogP contribution in [0.25, 0.3) is 5.57 Å². The van der Waals surface area contributed by atoms with Gasteiger partial charge in [0.1, 0.15) is 0 Å². The van der Waals surface area contributed by atoms with Crippen LogP contribution in [0.4, 0.5) is 5.13 Å². The van der Waals surface area contributed by atoms with Crippen molar-refractivity contribution in [1.82, 2.24) is 9.88 Å². The number of thiazole rings is 1. The third-order valence-corrected chi connectivity index (χ3v) is 4.21. The molecular weight excluding hydrogens is 242 g/mol. The summed E-state index contributed by atoms with van der Waals surface area (Å²) >= 11 is 1.68. The second-order valence-corrected chi connectivity index (χ2v) is 5.65. The van der Waals surface area contributed by atoms with Crippen molar-refractivity contribution in [2.24, 2.45) is 0 Å². The first-order valence-corrected chi connectivity index (χ1v) is 7.76. The Morgan fingerprint density at radius 1 is 1.44 bits per heavy atom. The zero-order valence-corrected chi connectivity index (χ0v) is 12.2. The van der Waals surface area contributed by atoms with Crippen LogP contribution in [0.5, 0.6) is 0 Å². The van der Waals surface area contributed by atoms with Crippen LogP contribution in [0, 0.1) is 0 Å². The first-order chi connectivity index (χ1) is 8.83. The van der Waals surface area contributed by atoms with E-state index < -0.39 is 0 Å². The largest absolute Gasteiger partial charge is 0.365 e. The highest BCUT2D eigenvalue weighted by Crippen LogP contribution is 2.24. The quantitative estimate of drug-likeness (QED) is 0.798. The summed E-state index contributed by atoms with van der Waals surface area (Å²) in [4.78, 5) is 7.15. The second-order valence-electron chi connectivity index (χ2n) is 4.79. The van der Waals surface area contributed by atoms with E-state index in [0.717, 1.165) is 23.8 Å². The van der Waals surface area contributed by atoms with Crippen molar-refractivity contribution in [2.45, 2.75) is 32.6 Å². The molecule has 1 N–H and O–H groups in total. The molecule has 0 saturated heterocycles. The predicted molar refractivity (Wildman–Crippen MR) is 80.2 cm³/mol. The third kappa shape index (κ3) is 3.56. The Labute approximate surface area is 114 Å². The zero-order chi connectivity index (χ0) is 12.8. The summed E-state index contributed by atoms with van der Waals surface area (Å²) in [7, 11) is 1.93. The van der Waals surface area contributed by atoms with Gasteiger partial charge in [-0.2, -0.15) is 0 Å². The molecule has 1 aliphatic rings. The molecule has 0 saturated carbocycles. The molecule has 0 aliphatic carbocycles. The lowest BCUT2D eigenvalue weighted by molar-refractivity contribution is 0.297. The fraction of sp³-hybridized carbons (Fsp3) is 0.643. The number of anilines is 1. The Kier molecular flexibility index (Phi) is 5.20. The van der Waals surface area contributed by atoms with E-state index in [1.54, 1.807) is 11.3 Å². The summed E-state index contributed by atoms with van der Waals surface area (Å²) in [6, 6.07) is 0. The van der Waals surface area contributed by atoms with Gasteiger partial charge in [0.05, 0.1) is 5.69 Å². The van der Waals surface area contributed by atoms with Gasteiger partial charge in [-0.1, -0.05) is 25.8 Å². The van der Waals surface area contributed by atoms with Crippen molar-refractivity contribution >= 4 is 22.0 Å². The molecule has 100 valence electrons. The summed E-state index contributed by atoms with van der Waals surface area (Å²) in [6.07, 6.45) is 7.48. The van der Waals surface area contributed by atoms with E-state index in [9.17, 15) is 0 Å². The third-order valence-electron chi connectivity index (χ3n) is 3.35. The highest BCUT2D eigenvalue weighted by molar-refractivity contribution is 7.13. The highest BCUT2D eigenvalue weighted by atomic mass is 32.1. The van der Waals surface area contributed by atoms with E-state index in [1.807, 2.05) is 7.05 Å². The molecule has 0 atom stereocenters. The Morgan fingerprint density at radius 3 is 3.06 bits per heavy atom. The van der Waals surface area contributed by atoms with Crippen LogP contribution >= 0.6 is 11.3 Å². The van der Waals surface area contributed by atoms with Gasteiger partial charge in [0, 0.05) is 25.5 Å². The molecule has 0 aromatic carbocycles. The lowest BCUT2D eigenvalue weighted by atomic mass is 10.1. The van der Waals surface area contributed by atoms with Gasteiger partial charge in [0.25, 0.3) is 0 Å². The van der Waals surface area contributed by atoms with E-state index in [2.05, 4.69) is 33.6 Å². The standard InChI is InChI=1S/C14H23N3S/c1-3-4-5-8-17-9-6-7-12(10-17)13-11-18-14(15-2)16-13/h7,11H,3-6,8-10H2,1-2H3,(H,15,16). The van der Waals surface area contributed by atoms with Crippen LogP contribution in [0.2, 0.25) is 0 Å². The Bertz CT molecular complexity index is 397. The van der Waals surface area contributed by atoms with Crippen molar-refractivity contribution in [2.75, 3.05) is 32.0 Å². The summed E-state index contributed by atoms with van der Waals surface area (Å²) in [5.41, 5.74) is 2.56. The normalized spacial score (nSPS) is 16.7. The summed E-state index contributed by atoms with van der Waals surface area (Å²) < 4.78 is 0. The van der Waals surface area contributed by atoms with E-state index >= 15 is 0 Å². The molecule has 2 rings (SSSR count). The summed E-state index contributed by atoms with van der Waals surface area (Å²) in [5.74, 6) is 0. The molecule has 1 aliphatic heterocycles. The minimum atomic E-state index is 1.01. The molecule has 18 heavy (non-hydrogen) atoms. The van der Waals surface area contributed by atoms with Crippen molar-refractivity contribution in [3.05, 3.63) is 17.2 Å². The van der Waals surface area contributed by atoms with Crippen molar-refractivity contribution in [1.29, 1.82) is 0 Å². The number of hydrogen-bond donors (Lipinski definition) is 1. The molecule has 0 fully saturated rings. The van der Waals surface area contributed by atoms with Gasteiger partial charge >= 0.3 is 0 Å². The topological polar surface area (TPSA) is 28.2 Å². The van der Waals surface area contributed by atoms with Crippen LogP contribution in [0.3, 0.4) is 0 Å². The maximum absolute atomic E-state index is 4.60. The van der Waals surface area contributed by atoms with E-state index in [1.165, 1.54) is 37.9 Å². The highest BCUT2D eigenvalue weighted by Gasteiger charge is 2.15. The molecule has 3 nitrogen and oxygen atoms in total. The summed E-state index contributed by atoms with van der Waals surface area (Å²) in [6.45, 7) is 5.76. The Balaban J connectivity index is 1.91. The lowest BCUT2D eigenvalue weighted by Crippen LogP contribution is -2.30. The predicted octanol–water partition coefficient (Wildman–Crippen LogP) is 3.46. The smallest absolute Gasteiger partial charge is 0.182 e. The number of hydrogen-bond acceptors (Lipinski definition) is 4. The van der Waals surface area contributed by atoms with Crippen LogP contribution in [0.15, 0.2) is 11.5 Å². The van der Waals surface area contributed by atoms with E-state index in [-0.39, 0.29) is 0 Å². The van der Waals surface area contributed by atoms with Crippen LogP contribution in [-0.2, 0) is 0 Å². The first-order valence-electron chi connectivity index (χ1n) is 6.88. The number of aromatic nitrogens is 1. The Morgan fingerprint density at radius 2 is 2.33 bits per heavy atom. The van der Waals surface area contributed by atoms with Gasteiger partial charge in [-0.15, -0.1) is 11.3 Å². The van der Waals surface area contributed by atoms with Gasteiger partial charge in [-0.05, 0) is 25.0 Å². The molecule has 0 spiro atoms. The first kappa shape index (κ1) is 13.6. The minimum Gasteiger partial charge on any atom is -0.365 e. The maximum atomic E-state index is 4.60. The average Bonchev–Trinajstić information content (AvgIpc) is 2.88. The fourth-order valence-electron chi connectivity index (χ4n) is 2.30. The van der Waals surface area contributed by atoms with Crippen molar-refractivity contribution in [3.63, 3.8) is 0 Å². The second kappa shape index (κ2) is 6.90. The number of unbranched alkanes of at least 4 members (excludes halogenated alkanes) is 2. The number of nitrogens with one attached hydrogen (secondary N) is 1. The number of nitrogens with zero attached hydrogens (tertiary/aromatic N) is 2. The van der Waals surface area contributed by atoms with E-state index in [0.29, 0.717) is 0 Å². The SMILES string of the molecule is CCCCCN1CCC=C(c2csc(NC)n2)C1. The molecule has 2 heterocycles. The van der Waals surface area contributed by atoms with Gasteiger partial charge in [0.2, 0.25) is 0 Å².